The van der Waals surface area contributed by atoms with E-state index in [1.54, 1.807) is 0 Å². The fraction of sp³-hybridized carbons (Fsp3) is 0.400. The summed E-state index contributed by atoms with van der Waals surface area (Å²) in [5.74, 6) is 0. The van der Waals surface area contributed by atoms with E-state index in [0.717, 1.165) is 25.2 Å². The van der Waals surface area contributed by atoms with Crippen molar-refractivity contribution in [3.63, 3.8) is 0 Å². The van der Waals surface area contributed by atoms with Crippen LogP contribution in [0.1, 0.15) is 24.9 Å². The average molecular weight is 256 g/mol. The molecule has 0 spiro atoms. The molecule has 0 saturated carbocycles. The van der Waals surface area contributed by atoms with Crippen LogP contribution in [0.3, 0.4) is 0 Å². The lowest BCUT2D eigenvalue weighted by Gasteiger charge is -2.22. The molecule has 2 aromatic rings. The van der Waals surface area contributed by atoms with Gasteiger partial charge in [0.05, 0.1) is 11.9 Å². The predicted molar refractivity (Wildman–Crippen MR) is 76.1 cm³/mol. The lowest BCUT2D eigenvalue weighted by atomic mass is 10.1. The average Bonchev–Trinajstić information content (AvgIpc) is 3.08. The summed E-state index contributed by atoms with van der Waals surface area (Å²) in [6, 6.07) is 10.9. The van der Waals surface area contributed by atoms with Crippen molar-refractivity contribution in [1.82, 2.24) is 14.7 Å². The third-order valence-electron chi connectivity index (χ3n) is 3.91. The van der Waals surface area contributed by atoms with Gasteiger partial charge in [0.15, 0.2) is 0 Å². The predicted octanol–water partition coefficient (Wildman–Crippen LogP) is 1.97. The molecule has 1 aromatic heterocycles. The molecule has 0 bridgehead atoms. The second-order valence-corrected chi connectivity index (χ2v) is 5.27. The molecule has 2 heterocycles. The highest BCUT2D eigenvalue weighted by molar-refractivity contribution is 5.31. The molecule has 19 heavy (non-hydrogen) atoms. The Hall–Kier alpha value is -1.65. The number of para-hydroxylation sites is 1. The molecule has 4 nitrogen and oxygen atoms in total. The molecule has 100 valence electrons. The second kappa shape index (κ2) is 5.15. The first-order valence-electron chi connectivity index (χ1n) is 6.83. The van der Waals surface area contributed by atoms with Gasteiger partial charge in [0.25, 0.3) is 0 Å². The van der Waals surface area contributed by atoms with Gasteiger partial charge in [-0.05, 0) is 25.5 Å². The molecule has 1 aliphatic rings. The molecule has 2 atom stereocenters. The quantitative estimate of drug-likeness (QED) is 0.913. The number of nitrogens with zero attached hydrogens (tertiary/aromatic N) is 3. The molecule has 2 unspecified atom stereocenters. The number of nitrogens with two attached hydrogens (primary N) is 1. The van der Waals surface area contributed by atoms with E-state index in [1.807, 2.05) is 29.1 Å². The largest absolute Gasteiger partial charge is 0.326 e. The highest BCUT2D eigenvalue weighted by Gasteiger charge is 2.25. The lowest BCUT2D eigenvalue weighted by Crippen LogP contribution is -2.28. The number of likely N-dealkylation sites (tertiary alicyclic amines) is 1. The summed E-state index contributed by atoms with van der Waals surface area (Å²) >= 11 is 0. The van der Waals surface area contributed by atoms with Gasteiger partial charge in [-0.3, -0.25) is 4.90 Å². The molecule has 3 rings (SSSR count). The van der Waals surface area contributed by atoms with E-state index in [2.05, 4.69) is 35.3 Å². The molecule has 0 radical (unpaired) electrons. The highest BCUT2D eigenvalue weighted by atomic mass is 15.3. The van der Waals surface area contributed by atoms with Gasteiger partial charge in [-0.2, -0.15) is 5.10 Å². The van der Waals surface area contributed by atoms with Crippen LogP contribution in [0.15, 0.2) is 42.7 Å². The Balaban J connectivity index is 1.78. The van der Waals surface area contributed by atoms with Crippen molar-refractivity contribution < 1.29 is 0 Å². The molecular weight excluding hydrogens is 236 g/mol. The van der Waals surface area contributed by atoms with Gasteiger partial charge < -0.3 is 5.73 Å². The van der Waals surface area contributed by atoms with Crippen LogP contribution in [-0.2, 0) is 0 Å². The zero-order chi connectivity index (χ0) is 13.2. The fourth-order valence-electron chi connectivity index (χ4n) is 2.65. The van der Waals surface area contributed by atoms with Gasteiger partial charge in [-0.1, -0.05) is 18.2 Å². The normalized spacial score (nSPS) is 21.7. The summed E-state index contributed by atoms with van der Waals surface area (Å²) < 4.78 is 1.93. The minimum absolute atomic E-state index is 0.326. The van der Waals surface area contributed by atoms with Gasteiger partial charge in [0.2, 0.25) is 0 Å². The van der Waals surface area contributed by atoms with E-state index in [4.69, 9.17) is 5.73 Å². The minimum Gasteiger partial charge on any atom is -0.326 e. The number of benzene rings is 1. The number of rotatable bonds is 3. The van der Waals surface area contributed by atoms with Crippen molar-refractivity contribution in [2.45, 2.75) is 25.4 Å². The van der Waals surface area contributed by atoms with E-state index in [-0.39, 0.29) is 0 Å². The summed E-state index contributed by atoms with van der Waals surface area (Å²) in [7, 11) is 0. The van der Waals surface area contributed by atoms with Crippen molar-refractivity contribution in [1.29, 1.82) is 0 Å². The molecule has 2 N–H and O–H groups in total. The summed E-state index contributed by atoms with van der Waals surface area (Å²) in [5.41, 5.74) is 8.32. The number of aromatic nitrogens is 2. The van der Waals surface area contributed by atoms with Crippen LogP contribution in [0, 0.1) is 0 Å². The van der Waals surface area contributed by atoms with Crippen LogP contribution in [0.5, 0.6) is 0 Å². The second-order valence-electron chi connectivity index (χ2n) is 5.27. The summed E-state index contributed by atoms with van der Waals surface area (Å²) in [4.78, 5) is 2.43. The van der Waals surface area contributed by atoms with Crippen LogP contribution in [-0.4, -0.2) is 33.8 Å². The van der Waals surface area contributed by atoms with Crippen molar-refractivity contribution in [3.8, 4) is 5.69 Å². The first kappa shape index (κ1) is 12.4. The third-order valence-corrected chi connectivity index (χ3v) is 3.91. The van der Waals surface area contributed by atoms with Crippen LogP contribution in [0.25, 0.3) is 5.69 Å². The zero-order valence-corrected chi connectivity index (χ0v) is 11.2. The molecule has 1 aromatic carbocycles. The van der Waals surface area contributed by atoms with Crippen molar-refractivity contribution >= 4 is 0 Å². The Morgan fingerprint density at radius 2 is 2.11 bits per heavy atom. The Morgan fingerprint density at radius 1 is 1.32 bits per heavy atom. The van der Waals surface area contributed by atoms with Crippen LogP contribution >= 0.6 is 0 Å². The molecule has 4 heteroatoms. The monoisotopic (exact) mass is 256 g/mol. The molecular formula is C15H20N4. The van der Waals surface area contributed by atoms with Crippen LogP contribution in [0.2, 0.25) is 0 Å². The maximum absolute atomic E-state index is 5.97. The van der Waals surface area contributed by atoms with Crippen LogP contribution < -0.4 is 5.73 Å². The zero-order valence-electron chi connectivity index (χ0n) is 11.2. The first-order chi connectivity index (χ1) is 9.24. The van der Waals surface area contributed by atoms with Crippen molar-refractivity contribution in [2.75, 3.05) is 13.1 Å². The maximum atomic E-state index is 5.97. The van der Waals surface area contributed by atoms with Gasteiger partial charge in [-0.15, -0.1) is 0 Å². The van der Waals surface area contributed by atoms with E-state index in [0.29, 0.717) is 12.1 Å². The Kier molecular flexibility index (Phi) is 3.36. The molecule has 0 aliphatic carbocycles. The minimum atomic E-state index is 0.326. The van der Waals surface area contributed by atoms with Crippen LogP contribution in [0.4, 0.5) is 0 Å². The SMILES string of the molecule is CC(c1cnn(-c2ccccc2)c1)N1CCC(N)C1. The lowest BCUT2D eigenvalue weighted by molar-refractivity contribution is 0.260. The Labute approximate surface area is 113 Å². The summed E-state index contributed by atoms with van der Waals surface area (Å²) in [6.07, 6.45) is 5.17. The number of hydrogen-bond donors (Lipinski definition) is 1. The van der Waals surface area contributed by atoms with E-state index >= 15 is 0 Å². The Bertz CT molecular complexity index is 534. The van der Waals surface area contributed by atoms with E-state index in [9.17, 15) is 0 Å². The maximum Gasteiger partial charge on any atom is 0.0645 e. The van der Waals surface area contributed by atoms with E-state index in [1.165, 1.54) is 5.56 Å². The van der Waals surface area contributed by atoms with E-state index < -0.39 is 0 Å². The van der Waals surface area contributed by atoms with Gasteiger partial charge in [0.1, 0.15) is 0 Å². The van der Waals surface area contributed by atoms with Gasteiger partial charge >= 0.3 is 0 Å². The number of hydrogen-bond acceptors (Lipinski definition) is 3. The topological polar surface area (TPSA) is 47.1 Å². The fourth-order valence-corrected chi connectivity index (χ4v) is 2.65. The van der Waals surface area contributed by atoms with Gasteiger partial charge in [-0.25, -0.2) is 4.68 Å². The highest BCUT2D eigenvalue weighted by Crippen LogP contribution is 2.24. The first-order valence-corrected chi connectivity index (χ1v) is 6.83. The van der Waals surface area contributed by atoms with Crippen molar-refractivity contribution in [2.24, 2.45) is 5.73 Å². The molecule has 0 amide bonds. The van der Waals surface area contributed by atoms with Gasteiger partial charge in [0, 0.05) is 36.9 Å². The standard InChI is InChI=1S/C15H20N4/c1-12(18-8-7-14(16)11-18)13-9-17-19(10-13)15-5-3-2-4-6-15/h2-6,9-10,12,14H,7-8,11,16H2,1H3. The molecule has 1 fully saturated rings. The molecule has 1 saturated heterocycles. The summed E-state index contributed by atoms with van der Waals surface area (Å²) in [6.45, 7) is 4.29. The Morgan fingerprint density at radius 3 is 2.79 bits per heavy atom. The summed E-state index contributed by atoms with van der Waals surface area (Å²) in [5, 5.41) is 4.46. The smallest absolute Gasteiger partial charge is 0.0645 e. The third kappa shape index (κ3) is 2.55. The van der Waals surface area contributed by atoms with Crippen molar-refractivity contribution in [3.05, 3.63) is 48.3 Å². The molecule has 1 aliphatic heterocycles.